The average Bonchev–Trinajstić information content (AvgIpc) is 2.94. The highest BCUT2D eigenvalue weighted by molar-refractivity contribution is 7.18. The number of amides is 1. The van der Waals surface area contributed by atoms with E-state index in [4.69, 9.17) is 21.1 Å². The Balaban J connectivity index is 2.24. The molecule has 0 unspecified atom stereocenters. The minimum absolute atomic E-state index is 0.186. The third kappa shape index (κ3) is 4.91. The molecule has 0 aliphatic rings. The SMILES string of the molecule is CCOC(=O)c1c(NC(=O)[C@@H](C)Oc2ccc(Cl)c(C)c2)sc(C(C)=O)c1C. The summed E-state index contributed by atoms with van der Waals surface area (Å²) in [5, 5.41) is 3.57. The smallest absolute Gasteiger partial charge is 0.341 e. The number of ketones is 1. The van der Waals surface area contributed by atoms with E-state index in [1.54, 1.807) is 39.0 Å². The number of rotatable bonds is 7. The highest BCUT2D eigenvalue weighted by Crippen LogP contribution is 2.34. The second-order valence-corrected chi connectivity index (χ2v) is 7.63. The minimum atomic E-state index is -0.834. The number of benzene rings is 1. The number of anilines is 1. The maximum atomic E-state index is 12.6. The van der Waals surface area contributed by atoms with Crippen LogP contribution in [0.1, 0.15) is 51.9 Å². The molecule has 0 bridgehead atoms. The molecule has 0 aliphatic heterocycles. The molecule has 6 nitrogen and oxygen atoms in total. The molecule has 1 amide bonds. The number of thiophene rings is 1. The molecular formula is C20H22ClNO5S. The van der Waals surface area contributed by atoms with Gasteiger partial charge in [-0.1, -0.05) is 11.6 Å². The van der Waals surface area contributed by atoms with Gasteiger partial charge in [-0.3, -0.25) is 9.59 Å². The first-order chi connectivity index (χ1) is 13.1. The van der Waals surface area contributed by atoms with Gasteiger partial charge in [0.1, 0.15) is 10.8 Å². The Bertz CT molecular complexity index is 922. The van der Waals surface area contributed by atoms with E-state index in [0.717, 1.165) is 16.9 Å². The van der Waals surface area contributed by atoms with Crippen molar-refractivity contribution < 1.29 is 23.9 Å². The van der Waals surface area contributed by atoms with Crippen LogP contribution in [-0.4, -0.2) is 30.4 Å². The fraction of sp³-hybridized carbons (Fsp3) is 0.350. The van der Waals surface area contributed by atoms with Crippen LogP contribution in [0.5, 0.6) is 5.75 Å². The Morgan fingerprint density at radius 1 is 1.25 bits per heavy atom. The van der Waals surface area contributed by atoms with Crippen LogP contribution < -0.4 is 10.1 Å². The fourth-order valence-electron chi connectivity index (χ4n) is 2.55. The summed E-state index contributed by atoms with van der Waals surface area (Å²) in [5.74, 6) is -0.716. The average molecular weight is 424 g/mol. The zero-order valence-electron chi connectivity index (χ0n) is 16.3. The van der Waals surface area contributed by atoms with E-state index in [1.165, 1.54) is 6.92 Å². The number of Topliss-reactive ketones (excluding diaryl/α,β-unsaturated/α-hetero) is 1. The van der Waals surface area contributed by atoms with Gasteiger partial charge in [-0.15, -0.1) is 11.3 Å². The summed E-state index contributed by atoms with van der Waals surface area (Å²) in [6.45, 7) is 8.37. The van der Waals surface area contributed by atoms with E-state index in [1.807, 2.05) is 6.92 Å². The summed E-state index contributed by atoms with van der Waals surface area (Å²) in [4.78, 5) is 37.2. The number of ether oxygens (including phenoxy) is 2. The molecule has 0 saturated carbocycles. The molecule has 8 heteroatoms. The summed E-state index contributed by atoms with van der Waals surface area (Å²) >= 11 is 7.05. The standard InChI is InChI=1S/C20H22ClNO5S/c1-6-26-20(25)16-11(3)17(12(4)23)28-19(16)22-18(24)13(5)27-14-7-8-15(21)10(2)9-14/h7-9,13H,6H2,1-5H3,(H,22,24)/t13-/m1/s1. The van der Waals surface area contributed by atoms with Crippen molar-refractivity contribution in [1.82, 2.24) is 0 Å². The summed E-state index contributed by atoms with van der Waals surface area (Å²) in [7, 11) is 0. The molecule has 2 rings (SSSR count). The first-order valence-corrected chi connectivity index (χ1v) is 9.90. The van der Waals surface area contributed by atoms with Gasteiger partial charge >= 0.3 is 5.97 Å². The molecule has 2 aromatic rings. The summed E-state index contributed by atoms with van der Waals surface area (Å²) in [6.07, 6.45) is -0.834. The van der Waals surface area contributed by atoms with E-state index in [9.17, 15) is 14.4 Å². The molecule has 0 fully saturated rings. The first kappa shape index (κ1) is 21.9. The van der Waals surface area contributed by atoms with E-state index >= 15 is 0 Å². The number of aryl methyl sites for hydroxylation is 1. The second-order valence-electron chi connectivity index (χ2n) is 6.20. The molecule has 0 aliphatic carbocycles. The Hall–Kier alpha value is -2.38. The highest BCUT2D eigenvalue weighted by atomic mass is 35.5. The number of hydrogen-bond acceptors (Lipinski definition) is 6. The molecule has 1 aromatic carbocycles. The van der Waals surface area contributed by atoms with Crippen LogP contribution in [0.3, 0.4) is 0 Å². The zero-order chi connectivity index (χ0) is 21.0. The lowest BCUT2D eigenvalue weighted by atomic mass is 10.1. The van der Waals surface area contributed by atoms with Crippen LogP contribution in [-0.2, 0) is 9.53 Å². The summed E-state index contributed by atoms with van der Waals surface area (Å²) in [6, 6.07) is 5.10. The number of carbonyl (C=O) groups is 3. The predicted octanol–water partition coefficient (Wildman–Crippen LogP) is 4.80. The van der Waals surface area contributed by atoms with Gasteiger partial charge in [0.15, 0.2) is 11.9 Å². The maximum Gasteiger partial charge on any atom is 0.341 e. The van der Waals surface area contributed by atoms with Crippen molar-refractivity contribution in [2.75, 3.05) is 11.9 Å². The molecule has 1 aromatic heterocycles. The highest BCUT2D eigenvalue weighted by Gasteiger charge is 2.26. The Labute approximate surface area is 172 Å². The van der Waals surface area contributed by atoms with E-state index < -0.39 is 18.0 Å². The molecule has 0 radical (unpaired) electrons. The number of hydrogen-bond donors (Lipinski definition) is 1. The molecule has 28 heavy (non-hydrogen) atoms. The van der Waals surface area contributed by atoms with Gasteiger partial charge in [-0.2, -0.15) is 0 Å². The molecule has 0 saturated heterocycles. The van der Waals surface area contributed by atoms with Gasteiger partial charge in [0.05, 0.1) is 17.0 Å². The normalized spacial score (nSPS) is 11.6. The van der Waals surface area contributed by atoms with Crippen LogP contribution in [0.15, 0.2) is 18.2 Å². The van der Waals surface area contributed by atoms with Crippen LogP contribution in [0.4, 0.5) is 5.00 Å². The van der Waals surface area contributed by atoms with Crippen LogP contribution >= 0.6 is 22.9 Å². The third-order valence-electron chi connectivity index (χ3n) is 3.99. The van der Waals surface area contributed by atoms with Crippen LogP contribution in [0.25, 0.3) is 0 Å². The lowest BCUT2D eigenvalue weighted by Crippen LogP contribution is -2.30. The number of carbonyl (C=O) groups excluding carboxylic acids is 3. The monoisotopic (exact) mass is 423 g/mol. The molecule has 1 N–H and O–H groups in total. The van der Waals surface area contributed by atoms with Gasteiger partial charge in [-0.25, -0.2) is 4.79 Å². The second kappa shape index (κ2) is 9.21. The molecule has 1 atom stereocenters. The molecular weight excluding hydrogens is 402 g/mol. The van der Waals surface area contributed by atoms with Crippen molar-refractivity contribution in [3.05, 3.63) is 44.8 Å². The van der Waals surface area contributed by atoms with Gasteiger partial charge in [-0.05, 0) is 63.9 Å². The Morgan fingerprint density at radius 2 is 1.93 bits per heavy atom. The first-order valence-electron chi connectivity index (χ1n) is 8.70. The minimum Gasteiger partial charge on any atom is -0.481 e. The number of halogens is 1. The van der Waals surface area contributed by atoms with E-state index in [-0.39, 0.29) is 23.0 Å². The summed E-state index contributed by atoms with van der Waals surface area (Å²) in [5.41, 5.74) is 1.52. The van der Waals surface area contributed by atoms with Crippen molar-refractivity contribution >= 4 is 45.6 Å². The van der Waals surface area contributed by atoms with Crippen molar-refractivity contribution in [3.63, 3.8) is 0 Å². The van der Waals surface area contributed by atoms with Crippen molar-refractivity contribution in [3.8, 4) is 5.75 Å². The van der Waals surface area contributed by atoms with Crippen LogP contribution in [0, 0.1) is 13.8 Å². The molecule has 1 heterocycles. The topological polar surface area (TPSA) is 81.7 Å². The summed E-state index contributed by atoms with van der Waals surface area (Å²) < 4.78 is 10.7. The molecule has 0 spiro atoms. The van der Waals surface area contributed by atoms with Gasteiger partial charge in [0.25, 0.3) is 5.91 Å². The van der Waals surface area contributed by atoms with E-state index in [0.29, 0.717) is 21.2 Å². The lowest BCUT2D eigenvalue weighted by Gasteiger charge is -2.15. The van der Waals surface area contributed by atoms with Gasteiger partial charge in [0.2, 0.25) is 0 Å². The lowest BCUT2D eigenvalue weighted by molar-refractivity contribution is -0.122. The van der Waals surface area contributed by atoms with Gasteiger partial charge < -0.3 is 14.8 Å². The number of nitrogens with one attached hydrogen (secondary N) is 1. The predicted molar refractivity (Wildman–Crippen MR) is 110 cm³/mol. The van der Waals surface area contributed by atoms with Crippen molar-refractivity contribution in [2.24, 2.45) is 0 Å². The maximum absolute atomic E-state index is 12.6. The van der Waals surface area contributed by atoms with Gasteiger partial charge in [0, 0.05) is 5.02 Å². The largest absolute Gasteiger partial charge is 0.481 e. The Morgan fingerprint density at radius 3 is 2.50 bits per heavy atom. The van der Waals surface area contributed by atoms with E-state index in [2.05, 4.69) is 5.32 Å². The third-order valence-corrected chi connectivity index (χ3v) is 5.73. The quantitative estimate of drug-likeness (QED) is 0.510. The zero-order valence-corrected chi connectivity index (χ0v) is 17.9. The number of esters is 1. The fourth-order valence-corrected chi connectivity index (χ4v) is 3.76. The molecule has 150 valence electrons. The van der Waals surface area contributed by atoms with Crippen LogP contribution in [0.2, 0.25) is 5.02 Å². The van der Waals surface area contributed by atoms with Crippen molar-refractivity contribution in [2.45, 2.75) is 40.7 Å². The Kier molecular flexibility index (Phi) is 7.21. The van der Waals surface area contributed by atoms with Crippen molar-refractivity contribution in [1.29, 1.82) is 0 Å².